The first-order valence-corrected chi connectivity index (χ1v) is 9.79. The van der Waals surface area contributed by atoms with Gasteiger partial charge in [0.1, 0.15) is 17.5 Å². The average Bonchev–Trinajstić information content (AvgIpc) is 2.71. The highest BCUT2D eigenvalue weighted by Crippen LogP contribution is 2.18. The molecule has 2 amide bonds. The quantitative estimate of drug-likeness (QED) is 0.674. The van der Waals surface area contributed by atoms with Crippen LogP contribution in [0.4, 0.5) is 0 Å². The summed E-state index contributed by atoms with van der Waals surface area (Å²) in [7, 11) is 1.58. The summed E-state index contributed by atoms with van der Waals surface area (Å²) >= 11 is 5.95. The Hall–Kier alpha value is -2.73. The van der Waals surface area contributed by atoms with Crippen LogP contribution in [0.15, 0.2) is 48.5 Å². The van der Waals surface area contributed by atoms with Gasteiger partial charge >= 0.3 is 0 Å². The summed E-state index contributed by atoms with van der Waals surface area (Å²) in [5.74, 6) is 0.742. The Morgan fingerprint density at radius 3 is 2.14 bits per heavy atom. The first kappa shape index (κ1) is 22.6. The highest BCUT2D eigenvalue weighted by molar-refractivity contribution is 6.30. The van der Waals surface area contributed by atoms with Gasteiger partial charge in [-0.2, -0.15) is 0 Å². The minimum Gasteiger partial charge on any atom is -0.497 e. The lowest BCUT2D eigenvalue weighted by Gasteiger charge is -2.29. The fraction of sp³-hybridized carbons (Fsp3) is 0.364. The third-order valence-corrected chi connectivity index (χ3v) is 4.54. The fourth-order valence-electron chi connectivity index (χ4n) is 2.67. The number of methoxy groups -OCH3 is 1. The smallest absolute Gasteiger partial charge is 0.261 e. The number of amides is 2. The Kier molecular flexibility index (Phi) is 8.34. The molecule has 0 heterocycles. The SMILES string of the molecule is COc1ccc(OCC(=O)N(Cc2ccc(Cl)cc2)[C@@H](C)C(=O)NC(C)C)cc1. The molecule has 1 atom stereocenters. The Balaban J connectivity index is 2.11. The van der Waals surface area contributed by atoms with E-state index in [1.807, 2.05) is 26.0 Å². The van der Waals surface area contributed by atoms with Crippen LogP contribution in [-0.4, -0.2) is 42.5 Å². The molecule has 0 spiro atoms. The molecule has 0 fully saturated rings. The van der Waals surface area contributed by atoms with Crippen LogP contribution in [0.3, 0.4) is 0 Å². The van der Waals surface area contributed by atoms with Crippen molar-refractivity contribution in [1.82, 2.24) is 10.2 Å². The van der Waals surface area contributed by atoms with Crippen molar-refractivity contribution < 1.29 is 19.1 Å². The van der Waals surface area contributed by atoms with Crippen LogP contribution in [-0.2, 0) is 16.1 Å². The van der Waals surface area contributed by atoms with Gasteiger partial charge in [0, 0.05) is 17.6 Å². The summed E-state index contributed by atoms with van der Waals surface area (Å²) < 4.78 is 10.7. The fourth-order valence-corrected chi connectivity index (χ4v) is 2.80. The molecule has 0 unspecified atom stereocenters. The van der Waals surface area contributed by atoms with E-state index in [-0.39, 0.29) is 31.0 Å². The van der Waals surface area contributed by atoms with E-state index in [0.29, 0.717) is 16.5 Å². The third kappa shape index (κ3) is 6.98. The molecule has 6 nitrogen and oxygen atoms in total. The van der Waals surface area contributed by atoms with Gasteiger partial charge in [0.2, 0.25) is 5.91 Å². The van der Waals surface area contributed by atoms with Gasteiger partial charge in [-0.1, -0.05) is 23.7 Å². The lowest BCUT2D eigenvalue weighted by atomic mass is 10.1. The minimum absolute atomic E-state index is 0.0204. The number of carbonyl (C=O) groups is 2. The molecule has 0 aliphatic rings. The Morgan fingerprint density at radius 1 is 1.00 bits per heavy atom. The molecular weight excluding hydrogens is 392 g/mol. The number of halogens is 1. The van der Waals surface area contributed by atoms with Gasteiger partial charge in [-0.15, -0.1) is 0 Å². The molecule has 0 bridgehead atoms. The molecule has 0 aliphatic carbocycles. The van der Waals surface area contributed by atoms with Crippen LogP contribution < -0.4 is 14.8 Å². The van der Waals surface area contributed by atoms with E-state index in [2.05, 4.69) is 5.32 Å². The summed E-state index contributed by atoms with van der Waals surface area (Å²) in [5.41, 5.74) is 0.872. The second-order valence-electron chi connectivity index (χ2n) is 6.95. The van der Waals surface area contributed by atoms with E-state index >= 15 is 0 Å². The van der Waals surface area contributed by atoms with Crippen molar-refractivity contribution in [1.29, 1.82) is 0 Å². The zero-order chi connectivity index (χ0) is 21.4. The maximum atomic E-state index is 12.9. The molecule has 7 heteroatoms. The summed E-state index contributed by atoms with van der Waals surface area (Å²) in [6.45, 7) is 5.55. The number of carbonyl (C=O) groups excluding carboxylic acids is 2. The zero-order valence-corrected chi connectivity index (χ0v) is 17.9. The first-order valence-electron chi connectivity index (χ1n) is 9.41. The van der Waals surface area contributed by atoms with E-state index in [1.165, 1.54) is 4.90 Å². The molecule has 0 radical (unpaired) electrons. The predicted octanol–water partition coefficient (Wildman–Crippen LogP) is 3.67. The Labute approximate surface area is 176 Å². The number of ether oxygens (including phenoxy) is 2. The van der Waals surface area contributed by atoms with Crippen LogP contribution >= 0.6 is 11.6 Å². The van der Waals surface area contributed by atoms with E-state index in [1.54, 1.807) is 50.4 Å². The summed E-state index contributed by atoms with van der Waals surface area (Å²) in [6.07, 6.45) is 0. The van der Waals surface area contributed by atoms with Crippen molar-refractivity contribution >= 4 is 23.4 Å². The second kappa shape index (κ2) is 10.7. The lowest BCUT2D eigenvalue weighted by Crippen LogP contribution is -2.50. The van der Waals surface area contributed by atoms with Gasteiger partial charge in [-0.25, -0.2) is 0 Å². The Morgan fingerprint density at radius 2 is 1.59 bits per heavy atom. The highest BCUT2D eigenvalue weighted by atomic mass is 35.5. The number of nitrogens with zero attached hydrogens (tertiary/aromatic N) is 1. The maximum absolute atomic E-state index is 12.9. The third-order valence-electron chi connectivity index (χ3n) is 4.29. The van der Waals surface area contributed by atoms with Gasteiger partial charge in [-0.05, 0) is 62.7 Å². The molecule has 2 aromatic carbocycles. The standard InChI is InChI=1S/C22H27ClN2O4/c1-15(2)24-22(27)16(3)25(13-17-5-7-18(23)8-6-17)21(26)14-29-20-11-9-19(28-4)10-12-20/h5-12,15-16H,13-14H2,1-4H3,(H,24,27)/t16-/m0/s1. The summed E-state index contributed by atoms with van der Waals surface area (Å²) in [6, 6.07) is 13.5. The van der Waals surface area contributed by atoms with E-state index in [9.17, 15) is 9.59 Å². The number of rotatable bonds is 9. The van der Waals surface area contributed by atoms with Gasteiger partial charge < -0.3 is 19.7 Å². The van der Waals surface area contributed by atoms with Gasteiger partial charge in [0.05, 0.1) is 7.11 Å². The topological polar surface area (TPSA) is 67.9 Å². The molecule has 156 valence electrons. The van der Waals surface area contributed by atoms with Crippen molar-refractivity contribution in [2.45, 2.75) is 39.4 Å². The van der Waals surface area contributed by atoms with E-state index in [0.717, 1.165) is 5.56 Å². The van der Waals surface area contributed by atoms with Crippen molar-refractivity contribution in [2.24, 2.45) is 0 Å². The molecule has 0 saturated heterocycles. The monoisotopic (exact) mass is 418 g/mol. The van der Waals surface area contributed by atoms with E-state index < -0.39 is 6.04 Å². The highest BCUT2D eigenvalue weighted by Gasteiger charge is 2.26. The van der Waals surface area contributed by atoms with Crippen molar-refractivity contribution in [3.63, 3.8) is 0 Å². The predicted molar refractivity (Wildman–Crippen MR) is 113 cm³/mol. The van der Waals surface area contributed by atoms with Crippen molar-refractivity contribution in [3.05, 3.63) is 59.1 Å². The molecule has 0 saturated carbocycles. The van der Waals surface area contributed by atoms with Gasteiger partial charge in [0.15, 0.2) is 6.61 Å². The number of hydrogen-bond acceptors (Lipinski definition) is 4. The number of nitrogens with one attached hydrogen (secondary N) is 1. The normalized spacial score (nSPS) is 11.7. The van der Waals surface area contributed by atoms with Crippen LogP contribution in [0.2, 0.25) is 5.02 Å². The molecule has 29 heavy (non-hydrogen) atoms. The average molecular weight is 419 g/mol. The summed E-state index contributed by atoms with van der Waals surface area (Å²) in [4.78, 5) is 26.9. The largest absolute Gasteiger partial charge is 0.497 e. The van der Waals surface area contributed by atoms with Gasteiger partial charge in [0.25, 0.3) is 5.91 Å². The first-order chi connectivity index (χ1) is 13.8. The van der Waals surface area contributed by atoms with Crippen LogP contribution in [0.5, 0.6) is 11.5 Å². The summed E-state index contributed by atoms with van der Waals surface area (Å²) in [5, 5.41) is 3.46. The molecule has 2 aromatic rings. The van der Waals surface area contributed by atoms with Crippen molar-refractivity contribution in [3.8, 4) is 11.5 Å². The molecular formula is C22H27ClN2O4. The van der Waals surface area contributed by atoms with Crippen LogP contribution in [0.25, 0.3) is 0 Å². The van der Waals surface area contributed by atoms with Crippen LogP contribution in [0, 0.1) is 0 Å². The lowest BCUT2D eigenvalue weighted by molar-refractivity contribution is -0.142. The minimum atomic E-state index is -0.653. The second-order valence-corrected chi connectivity index (χ2v) is 7.39. The van der Waals surface area contributed by atoms with E-state index in [4.69, 9.17) is 21.1 Å². The molecule has 1 N–H and O–H groups in total. The number of benzene rings is 2. The van der Waals surface area contributed by atoms with Gasteiger partial charge in [-0.3, -0.25) is 9.59 Å². The molecule has 0 aromatic heterocycles. The molecule has 2 rings (SSSR count). The molecule has 0 aliphatic heterocycles. The Bertz CT molecular complexity index is 807. The van der Waals surface area contributed by atoms with Crippen molar-refractivity contribution in [2.75, 3.05) is 13.7 Å². The number of hydrogen-bond donors (Lipinski definition) is 1. The maximum Gasteiger partial charge on any atom is 0.261 e. The zero-order valence-electron chi connectivity index (χ0n) is 17.1. The van der Waals surface area contributed by atoms with Crippen LogP contribution in [0.1, 0.15) is 26.3 Å².